The molecule has 1 unspecified atom stereocenters. The Labute approximate surface area is 96.0 Å². The van der Waals surface area contributed by atoms with Crippen LogP contribution in [0.15, 0.2) is 0 Å². The van der Waals surface area contributed by atoms with Crippen LogP contribution < -0.4 is 5.32 Å². The first kappa shape index (κ1) is 13.0. The second-order valence-electron chi connectivity index (χ2n) is 5.89. The molecule has 1 nitrogen and oxygen atoms in total. The van der Waals surface area contributed by atoms with Crippen molar-refractivity contribution in [2.45, 2.75) is 65.8 Å². The summed E-state index contributed by atoms with van der Waals surface area (Å²) < 4.78 is 0. The third kappa shape index (κ3) is 5.01. The molecule has 0 amide bonds. The number of hydrogen-bond donors (Lipinski definition) is 1. The van der Waals surface area contributed by atoms with Crippen molar-refractivity contribution < 1.29 is 0 Å². The molecule has 0 radical (unpaired) electrons. The zero-order valence-electron chi connectivity index (χ0n) is 11.1. The predicted molar refractivity (Wildman–Crippen MR) is 68.0 cm³/mol. The Morgan fingerprint density at radius 2 is 1.67 bits per heavy atom. The summed E-state index contributed by atoms with van der Waals surface area (Å²) in [5.74, 6) is 2.92. The number of hydrogen-bond acceptors (Lipinski definition) is 1. The van der Waals surface area contributed by atoms with Crippen molar-refractivity contribution in [3.63, 3.8) is 0 Å². The van der Waals surface area contributed by atoms with Crippen molar-refractivity contribution in [1.82, 2.24) is 5.32 Å². The lowest BCUT2D eigenvalue weighted by Gasteiger charge is -2.31. The van der Waals surface area contributed by atoms with E-state index in [0.29, 0.717) is 6.04 Å². The quantitative estimate of drug-likeness (QED) is 0.728. The van der Waals surface area contributed by atoms with Gasteiger partial charge in [-0.15, -0.1) is 0 Å². The molecule has 1 heteroatoms. The van der Waals surface area contributed by atoms with Gasteiger partial charge < -0.3 is 5.32 Å². The van der Waals surface area contributed by atoms with Gasteiger partial charge in [0.15, 0.2) is 0 Å². The Morgan fingerprint density at radius 3 is 2.20 bits per heavy atom. The van der Waals surface area contributed by atoms with Crippen molar-refractivity contribution in [2.75, 3.05) is 6.54 Å². The molecule has 0 aromatic rings. The van der Waals surface area contributed by atoms with Gasteiger partial charge in [0.2, 0.25) is 0 Å². The van der Waals surface area contributed by atoms with Crippen molar-refractivity contribution in [2.24, 2.45) is 17.8 Å². The molecule has 0 spiro atoms. The van der Waals surface area contributed by atoms with Crippen molar-refractivity contribution >= 4 is 0 Å². The second-order valence-corrected chi connectivity index (χ2v) is 5.89. The van der Waals surface area contributed by atoms with E-state index in [2.05, 4.69) is 33.0 Å². The molecular formula is C14H29N. The smallest absolute Gasteiger partial charge is 0.00103 e. The molecule has 0 aromatic heterocycles. The summed E-state index contributed by atoms with van der Waals surface area (Å²) in [6, 6.07) is 0.642. The summed E-state index contributed by atoms with van der Waals surface area (Å²) in [6.07, 6.45) is 7.24. The molecule has 0 aromatic carbocycles. The highest BCUT2D eigenvalue weighted by Crippen LogP contribution is 2.34. The van der Waals surface area contributed by atoms with Crippen LogP contribution in [-0.2, 0) is 0 Å². The molecule has 0 saturated heterocycles. The molecular weight excluding hydrogens is 182 g/mol. The highest BCUT2D eigenvalue weighted by molar-refractivity contribution is 4.74. The Morgan fingerprint density at radius 1 is 1.07 bits per heavy atom. The summed E-state index contributed by atoms with van der Waals surface area (Å²) in [5, 5.41) is 3.52. The molecule has 0 heterocycles. The van der Waals surface area contributed by atoms with E-state index < -0.39 is 0 Å². The molecule has 1 saturated carbocycles. The van der Waals surface area contributed by atoms with Gasteiger partial charge in [0, 0.05) is 6.04 Å². The second kappa shape index (κ2) is 6.52. The van der Waals surface area contributed by atoms with Gasteiger partial charge in [0.1, 0.15) is 0 Å². The van der Waals surface area contributed by atoms with Gasteiger partial charge in [0.05, 0.1) is 0 Å². The van der Waals surface area contributed by atoms with Crippen LogP contribution in [0.1, 0.15) is 59.8 Å². The maximum absolute atomic E-state index is 3.52. The Balaban J connectivity index is 2.13. The van der Waals surface area contributed by atoms with E-state index in [0.717, 1.165) is 17.8 Å². The zero-order chi connectivity index (χ0) is 11.3. The van der Waals surface area contributed by atoms with Crippen LogP contribution >= 0.6 is 0 Å². The molecule has 1 aliphatic carbocycles. The predicted octanol–water partition coefficient (Wildman–Crippen LogP) is 3.84. The molecule has 1 rings (SSSR count). The van der Waals surface area contributed by atoms with Crippen molar-refractivity contribution in [3.8, 4) is 0 Å². The summed E-state index contributed by atoms with van der Waals surface area (Å²) in [7, 11) is 0. The van der Waals surface area contributed by atoms with Crippen LogP contribution in [-0.4, -0.2) is 12.6 Å². The van der Waals surface area contributed by atoms with E-state index in [1.807, 2.05) is 0 Å². The van der Waals surface area contributed by atoms with Gasteiger partial charge in [-0.3, -0.25) is 0 Å². The fraction of sp³-hybridized carbons (Fsp3) is 1.00. The Hall–Kier alpha value is -0.0400. The molecule has 0 aliphatic heterocycles. The summed E-state index contributed by atoms with van der Waals surface area (Å²) >= 11 is 0. The zero-order valence-corrected chi connectivity index (χ0v) is 11.1. The fourth-order valence-corrected chi connectivity index (χ4v) is 2.69. The summed E-state index contributed by atoms with van der Waals surface area (Å²) in [6.45, 7) is 10.5. The lowest BCUT2D eigenvalue weighted by Crippen LogP contribution is -2.27. The molecule has 1 fully saturated rings. The molecule has 90 valence electrons. The highest BCUT2D eigenvalue weighted by atomic mass is 14.9. The van der Waals surface area contributed by atoms with Crippen LogP contribution in [0.4, 0.5) is 0 Å². The van der Waals surface area contributed by atoms with Gasteiger partial charge in [0.25, 0.3) is 0 Å². The lowest BCUT2D eigenvalue weighted by atomic mass is 9.76. The standard InChI is InChI=1S/C14H29N/c1-11(2)15-10-9-13(4)14-7-5-12(3)6-8-14/h11-15H,5-10H2,1-4H3. The van der Waals surface area contributed by atoms with E-state index in [1.165, 1.54) is 38.6 Å². The number of nitrogens with one attached hydrogen (secondary N) is 1. The summed E-state index contributed by atoms with van der Waals surface area (Å²) in [5.41, 5.74) is 0. The molecule has 1 atom stereocenters. The molecule has 1 aliphatic rings. The van der Waals surface area contributed by atoms with E-state index in [4.69, 9.17) is 0 Å². The van der Waals surface area contributed by atoms with E-state index in [1.54, 1.807) is 0 Å². The fourth-order valence-electron chi connectivity index (χ4n) is 2.69. The first-order valence-corrected chi connectivity index (χ1v) is 6.83. The van der Waals surface area contributed by atoms with Crippen molar-refractivity contribution in [1.29, 1.82) is 0 Å². The highest BCUT2D eigenvalue weighted by Gasteiger charge is 2.22. The first-order chi connectivity index (χ1) is 7.09. The van der Waals surface area contributed by atoms with Crippen molar-refractivity contribution in [3.05, 3.63) is 0 Å². The third-order valence-electron chi connectivity index (χ3n) is 4.02. The van der Waals surface area contributed by atoms with E-state index in [-0.39, 0.29) is 0 Å². The van der Waals surface area contributed by atoms with Crippen LogP contribution in [0.25, 0.3) is 0 Å². The topological polar surface area (TPSA) is 12.0 Å². The van der Waals surface area contributed by atoms with Crippen LogP contribution in [0.2, 0.25) is 0 Å². The monoisotopic (exact) mass is 211 g/mol. The van der Waals surface area contributed by atoms with Crippen LogP contribution in [0, 0.1) is 17.8 Å². The minimum Gasteiger partial charge on any atom is -0.315 e. The average Bonchev–Trinajstić information content (AvgIpc) is 2.18. The van der Waals surface area contributed by atoms with E-state index in [9.17, 15) is 0 Å². The average molecular weight is 211 g/mol. The SMILES string of the molecule is CC1CCC(C(C)CCNC(C)C)CC1. The lowest BCUT2D eigenvalue weighted by molar-refractivity contribution is 0.214. The number of rotatable bonds is 5. The molecule has 15 heavy (non-hydrogen) atoms. The maximum atomic E-state index is 3.52. The molecule has 1 N–H and O–H groups in total. The molecule has 0 bridgehead atoms. The Bertz CT molecular complexity index is 157. The third-order valence-corrected chi connectivity index (χ3v) is 4.02. The largest absolute Gasteiger partial charge is 0.315 e. The minimum atomic E-state index is 0.642. The first-order valence-electron chi connectivity index (χ1n) is 6.83. The van der Waals surface area contributed by atoms with E-state index >= 15 is 0 Å². The van der Waals surface area contributed by atoms with Gasteiger partial charge in [-0.1, -0.05) is 40.5 Å². The Kier molecular flexibility index (Phi) is 5.66. The minimum absolute atomic E-state index is 0.642. The maximum Gasteiger partial charge on any atom is 0.00103 e. The normalized spacial score (nSPS) is 29.4. The van der Waals surface area contributed by atoms with Gasteiger partial charge >= 0.3 is 0 Å². The van der Waals surface area contributed by atoms with Gasteiger partial charge in [-0.05, 0) is 43.6 Å². The van der Waals surface area contributed by atoms with Crippen LogP contribution in [0.5, 0.6) is 0 Å². The van der Waals surface area contributed by atoms with Gasteiger partial charge in [-0.25, -0.2) is 0 Å². The summed E-state index contributed by atoms with van der Waals surface area (Å²) in [4.78, 5) is 0. The van der Waals surface area contributed by atoms with Crippen LogP contribution in [0.3, 0.4) is 0 Å². The van der Waals surface area contributed by atoms with Gasteiger partial charge in [-0.2, -0.15) is 0 Å².